The number of aromatic nitrogens is 3. The third-order valence-electron chi connectivity index (χ3n) is 6.76. The summed E-state index contributed by atoms with van der Waals surface area (Å²) in [5.74, 6) is -3.25. The van der Waals surface area contributed by atoms with Crippen molar-refractivity contribution in [2.24, 2.45) is 22.2 Å². The molecule has 0 aliphatic rings. The zero-order valence-corrected chi connectivity index (χ0v) is 24.6. The van der Waals surface area contributed by atoms with Gasteiger partial charge in [0.05, 0.1) is 6.33 Å². The molecule has 1 aromatic carbocycles. The number of para-hydroxylation sites is 1. The highest BCUT2D eigenvalue weighted by Gasteiger charge is 2.29. The molecule has 12 N–H and O–H groups in total. The van der Waals surface area contributed by atoms with Crippen LogP contribution < -0.4 is 38.5 Å². The first-order chi connectivity index (χ1) is 20.9. The molecule has 44 heavy (non-hydrogen) atoms. The minimum Gasteiger partial charge on any atom is -0.370 e. The van der Waals surface area contributed by atoms with Gasteiger partial charge in [0.2, 0.25) is 29.5 Å². The average Bonchev–Trinajstić information content (AvgIpc) is 3.63. The van der Waals surface area contributed by atoms with Crippen LogP contribution in [0.25, 0.3) is 10.9 Å². The van der Waals surface area contributed by atoms with Crippen LogP contribution in [0.4, 0.5) is 0 Å². The minimum atomic E-state index is -1.11. The van der Waals surface area contributed by atoms with Crippen molar-refractivity contribution >= 4 is 46.4 Å². The van der Waals surface area contributed by atoms with Crippen molar-refractivity contribution in [1.82, 2.24) is 36.2 Å². The van der Waals surface area contributed by atoms with E-state index in [4.69, 9.17) is 17.2 Å². The summed E-state index contributed by atoms with van der Waals surface area (Å²) in [6, 6.07) is 3.23. The van der Waals surface area contributed by atoms with Gasteiger partial charge >= 0.3 is 0 Å². The Hall–Kier alpha value is -5.41. The number of carbonyl (C=O) groups is 5. The summed E-state index contributed by atoms with van der Waals surface area (Å²) < 4.78 is 0. The fourth-order valence-electron chi connectivity index (χ4n) is 4.53. The number of hydrogen-bond donors (Lipinski definition) is 9. The number of hydrogen-bond acceptors (Lipinski definition) is 7. The topological polar surface area (TPSA) is 268 Å². The second-order valence-electron chi connectivity index (χ2n) is 10.3. The number of fused-ring (bicyclic) bond motifs is 1. The summed E-state index contributed by atoms with van der Waals surface area (Å²) in [6.07, 6.45) is 5.36. The fraction of sp³-hybridized carbons (Fsp3) is 0.393. The molecule has 4 atom stereocenters. The summed E-state index contributed by atoms with van der Waals surface area (Å²) >= 11 is 0. The Morgan fingerprint density at radius 1 is 0.886 bits per heavy atom. The monoisotopic (exact) mass is 609 g/mol. The van der Waals surface area contributed by atoms with Gasteiger partial charge in [-0.1, -0.05) is 18.2 Å². The number of nitrogens with one attached hydrogen (secondary N) is 6. The van der Waals surface area contributed by atoms with Gasteiger partial charge in [0, 0.05) is 55.3 Å². The van der Waals surface area contributed by atoms with Crippen LogP contribution >= 0.6 is 0 Å². The summed E-state index contributed by atoms with van der Waals surface area (Å²) in [7, 11) is 0. The largest absolute Gasteiger partial charge is 0.370 e. The Labute approximate surface area is 253 Å². The predicted molar refractivity (Wildman–Crippen MR) is 162 cm³/mol. The molecule has 3 aromatic rings. The van der Waals surface area contributed by atoms with Gasteiger partial charge in [-0.05, 0) is 31.4 Å². The van der Waals surface area contributed by atoms with E-state index in [-0.39, 0.29) is 31.8 Å². The lowest BCUT2D eigenvalue weighted by Gasteiger charge is -2.24. The number of nitrogens with two attached hydrogens (primary N) is 3. The number of guanidine groups is 1. The molecule has 236 valence electrons. The molecule has 2 heterocycles. The molecule has 0 aliphatic heterocycles. The van der Waals surface area contributed by atoms with Gasteiger partial charge in [0.25, 0.3) is 0 Å². The Balaban J connectivity index is 1.69. The van der Waals surface area contributed by atoms with Gasteiger partial charge in [-0.15, -0.1) is 0 Å². The first-order valence-corrected chi connectivity index (χ1v) is 14.0. The Kier molecular flexibility index (Phi) is 11.8. The highest BCUT2D eigenvalue weighted by Crippen LogP contribution is 2.19. The number of nitrogens with zero attached hydrogens (tertiary/aromatic N) is 2. The van der Waals surface area contributed by atoms with Crippen LogP contribution in [-0.4, -0.2) is 81.2 Å². The number of benzene rings is 1. The number of amides is 5. The maximum Gasteiger partial charge on any atom is 0.243 e. The molecule has 16 heteroatoms. The number of aromatic amines is 2. The van der Waals surface area contributed by atoms with Crippen molar-refractivity contribution in [3.63, 3.8) is 0 Å². The van der Waals surface area contributed by atoms with Crippen molar-refractivity contribution in [2.75, 3.05) is 6.54 Å². The van der Waals surface area contributed by atoms with Crippen molar-refractivity contribution in [1.29, 1.82) is 0 Å². The third kappa shape index (κ3) is 9.85. The van der Waals surface area contributed by atoms with E-state index in [1.807, 2.05) is 24.3 Å². The van der Waals surface area contributed by atoms with Crippen molar-refractivity contribution < 1.29 is 24.0 Å². The van der Waals surface area contributed by atoms with Gasteiger partial charge in [-0.2, -0.15) is 0 Å². The number of H-pyrrole nitrogens is 2. The molecule has 0 bridgehead atoms. The van der Waals surface area contributed by atoms with E-state index in [1.54, 1.807) is 6.20 Å². The molecule has 0 saturated heterocycles. The third-order valence-corrected chi connectivity index (χ3v) is 6.76. The molecule has 0 unspecified atom stereocenters. The number of primary amides is 1. The number of aliphatic imine (C=N–C) groups is 1. The van der Waals surface area contributed by atoms with Crippen LogP contribution in [0.5, 0.6) is 0 Å². The SMILES string of the molecule is CC(=O)N[C@@H](Cc1cnc[nH]1)C(=O)N[C@@H](C)C(=O)N[C@@H](CCCN=C(N)N)C(=O)N[C@@H](Cc1c[nH]c2ccccc12)C(N)=O. The highest BCUT2D eigenvalue weighted by molar-refractivity contribution is 5.95. The number of carbonyl (C=O) groups excluding carboxylic acids is 5. The normalized spacial score (nSPS) is 13.6. The van der Waals surface area contributed by atoms with Crippen LogP contribution in [0.2, 0.25) is 0 Å². The average molecular weight is 610 g/mol. The molecular formula is C28H39N11O5. The lowest BCUT2D eigenvalue weighted by atomic mass is 10.0. The summed E-state index contributed by atoms with van der Waals surface area (Å²) in [5, 5.41) is 11.3. The van der Waals surface area contributed by atoms with E-state index in [1.165, 1.54) is 26.4 Å². The predicted octanol–water partition coefficient (Wildman–Crippen LogP) is -1.81. The van der Waals surface area contributed by atoms with Gasteiger partial charge in [0.1, 0.15) is 24.2 Å². The molecular weight excluding hydrogens is 570 g/mol. The summed E-state index contributed by atoms with van der Waals surface area (Å²) in [4.78, 5) is 77.3. The summed E-state index contributed by atoms with van der Waals surface area (Å²) in [5.41, 5.74) is 18.7. The molecule has 3 rings (SSSR count). The van der Waals surface area contributed by atoms with Crippen molar-refractivity contribution in [3.8, 4) is 0 Å². The van der Waals surface area contributed by atoms with Gasteiger partial charge in [0.15, 0.2) is 5.96 Å². The summed E-state index contributed by atoms with van der Waals surface area (Å²) in [6.45, 7) is 2.90. The molecule has 0 fully saturated rings. The van der Waals surface area contributed by atoms with E-state index < -0.39 is 53.7 Å². The molecule has 0 radical (unpaired) electrons. The minimum absolute atomic E-state index is 0.112. The van der Waals surface area contributed by atoms with Crippen molar-refractivity contribution in [2.45, 2.75) is 63.7 Å². The van der Waals surface area contributed by atoms with E-state index in [0.717, 1.165) is 16.5 Å². The molecule has 0 aliphatic carbocycles. The Morgan fingerprint density at radius 2 is 1.59 bits per heavy atom. The van der Waals surface area contributed by atoms with Crippen molar-refractivity contribution in [3.05, 3.63) is 54.2 Å². The smallest absolute Gasteiger partial charge is 0.243 e. The highest BCUT2D eigenvalue weighted by atomic mass is 16.2. The second kappa shape index (κ2) is 15.7. The zero-order chi connectivity index (χ0) is 32.2. The fourth-order valence-corrected chi connectivity index (χ4v) is 4.53. The standard InChI is InChI=1S/C28H39N11O5/c1-15(36-27(44)23(37-16(2)40)11-18-13-32-14-35-18)25(42)38-21(8-5-9-33-28(30)31)26(43)39-22(24(29)41)10-17-12-34-20-7-4-3-6-19(17)20/h3-4,6-7,12-15,21-23,34H,5,8-11H2,1-2H3,(H2,29,41)(H,32,35)(H,36,44)(H,37,40)(H,38,42)(H,39,43)(H4,30,31,33)/t15-,21-,22-,23-/m0/s1. The van der Waals surface area contributed by atoms with E-state index in [0.29, 0.717) is 12.1 Å². The van der Waals surface area contributed by atoms with Crippen LogP contribution in [0.15, 0.2) is 48.0 Å². The molecule has 2 aromatic heterocycles. The molecule has 0 spiro atoms. The molecule has 16 nitrogen and oxygen atoms in total. The van der Waals surface area contributed by atoms with Gasteiger partial charge < -0.3 is 48.4 Å². The Bertz CT molecular complexity index is 1480. The van der Waals surface area contributed by atoms with E-state index in [9.17, 15) is 24.0 Å². The molecule has 0 saturated carbocycles. The lowest BCUT2D eigenvalue weighted by molar-refractivity contribution is -0.134. The molecule has 5 amide bonds. The lowest BCUT2D eigenvalue weighted by Crippen LogP contribution is -2.57. The number of rotatable bonds is 16. The van der Waals surface area contributed by atoms with Crippen LogP contribution in [-0.2, 0) is 36.8 Å². The second-order valence-corrected chi connectivity index (χ2v) is 10.3. The van der Waals surface area contributed by atoms with Crippen LogP contribution in [0.1, 0.15) is 37.9 Å². The maximum absolute atomic E-state index is 13.4. The van der Waals surface area contributed by atoms with E-state index >= 15 is 0 Å². The Morgan fingerprint density at radius 3 is 2.25 bits per heavy atom. The van der Waals surface area contributed by atoms with Gasteiger partial charge in [-0.3, -0.25) is 29.0 Å². The van der Waals surface area contributed by atoms with Crippen LogP contribution in [0.3, 0.4) is 0 Å². The first-order valence-electron chi connectivity index (χ1n) is 14.0. The first kappa shape index (κ1) is 33.1. The van der Waals surface area contributed by atoms with Crippen LogP contribution in [0, 0.1) is 0 Å². The van der Waals surface area contributed by atoms with E-state index in [2.05, 4.69) is 41.2 Å². The quantitative estimate of drug-likeness (QED) is 0.0506. The van der Waals surface area contributed by atoms with Gasteiger partial charge in [-0.25, -0.2) is 4.98 Å². The maximum atomic E-state index is 13.4. The number of imidazole rings is 1. The zero-order valence-electron chi connectivity index (χ0n) is 24.6.